The molecule has 3 atom stereocenters. The van der Waals surface area contributed by atoms with Crippen LogP contribution in [0.3, 0.4) is 0 Å². The summed E-state index contributed by atoms with van der Waals surface area (Å²) in [5.41, 5.74) is 4.02. The van der Waals surface area contributed by atoms with E-state index in [1.807, 2.05) is 18.2 Å². The fourth-order valence-electron chi connectivity index (χ4n) is 6.01. The lowest BCUT2D eigenvalue weighted by atomic mass is 9.99. The fourth-order valence-corrected chi connectivity index (χ4v) is 6.01. The van der Waals surface area contributed by atoms with Crippen molar-refractivity contribution in [2.24, 2.45) is 0 Å². The fraction of sp³-hybridized carbons (Fsp3) is 0.483. The summed E-state index contributed by atoms with van der Waals surface area (Å²) < 4.78 is 31.7. The number of rotatable bonds is 8. The zero-order chi connectivity index (χ0) is 27.8. The monoisotopic (exact) mass is 552 g/mol. The summed E-state index contributed by atoms with van der Waals surface area (Å²) in [7, 11) is 0. The minimum Gasteiger partial charge on any atom is -0.477 e. The number of hydrogen-bond donors (Lipinski definition) is 1. The van der Waals surface area contributed by atoms with E-state index in [4.69, 9.17) is 19.0 Å². The van der Waals surface area contributed by atoms with Gasteiger partial charge < -0.3 is 19.3 Å². The van der Waals surface area contributed by atoms with Crippen LogP contribution in [0.15, 0.2) is 40.9 Å². The number of aromatic nitrogens is 3. The van der Waals surface area contributed by atoms with E-state index in [2.05, 4.69) is 27.2 Å². The number of fused-ring (bicyclic) bond motifs is 2. The molecule has 2 bridgehead atoms. The summed E-state index contributed by atoms with van der Waals surface area (Å²) in [5.74, 6) is 1.43. The topological polar surface area (TPSA) is 119 Å². The molecule has 1 N–H and O–H groups in total. The van der Waals surface area contributed by atoms with Crippen LogP contribution in [0.5, 0.6) is 0 Å². The van der Waals surface area contributed by atoms with Crippen molar-refractivity contribution in [3.8, 4) is 11.3 Å². The zero-order valence-electron chi connectivity index (χ0n) is 21.8. The van der Waals surface area contributed by atoms with Gasteiger partial charge in [0.05, 0.1) is 12.7 Å². The Morgan fingerprint density at radius 2 is 1.62 bits per heavy atom. The predicted molar refractivity (Wildman–Crippen MR) is 140 cm³/mol. The van der Waals surface area contributed by atoms with Crippen molar-refractivity contribution in [3.05, 3.63) is 59.1 Å². The average molecular weight is 553 g/mol. The molecule has 4 heterocycles. The lowest BCUT2D eigenvalue weighted by Crippen LogP contribution is -2.46. The molecule has 4 aliphatic rings. The minimum absolute atomic E-state index is 0.105. The molecule has 0 radical (unpaired) electrons. The van der Waals surface area contributed by atoms with Crippen molar-refractivity contribution in [2.45, 2.75) is 88.0 Å². The highest BCUT2D eigenvalue weighted by atomic mass is 19.3. The normalized spacial score (nSPS) is 23.4. The Kier molecular flexibility index (Phi) is 7.31. The van der Waals surface area contributed by atoms with Crippen molar-refractivity contribution in [1.82, 2.24) is 15.1 Å². The molecule has 9 nitrogen and oxygen atoms in total. The molecule has 7 rings (SSSR count). The SMILES string of the molecule is O=C(F)F.O=C(O)c1cc(C2CC2)nc(N2C3CC[C@H]2CC(OCc2c(-c4ccccc4)noc2C2CC2)C3)n1. The van der Waals surface area contributed by atoms with Crippen LogP contribution in [0, 0.1) is 0 Å². The van der Waals surface area contributed by atoms with Gasteiger partial charge in [0.15, 0.2) is 5.69 Å². The van der Waals surface area contributed by atoms with E-state index in [1.54, 1.807) is 6.07 Å². The van der Waals surface area contributed by atoms with Gasteiger partial charge in [-0.2, -0.15) is 0 Å². The molecule has 210 valence electrons. The van der Waals surface area contributed by atoms with Crippen LogP contribution in [0.4, 0.5) is 19.5 Å². The van der Waals surface area contributed by atoms with Crippen LogP contribution in [0.1, 0.15) is 90.7 Å². The summed E-state index contributed by atoms with van der Waals surface area (Å²) in [6, 6.07) is 12.4. The third kappa shape index (κ3) is 5.74. The molecule has 11 heteroatoms. The molecule has 2 saturated carbocycles. The van der Waals surface area contributed by atoms with Crippen molar-refractivity contribution in [2.75, 3.05) is 4.90 Å². The first-order valence-corrected chi connectivity index (χ1v) is 13.8. The van der Waals surface area contributed by atoms with E-state index in [1.165, 1.54) is 0 Å². The highest BCUT2D eigenvalue weighted by molar-refractivity contribution is 5.85. The molecule has 2 aliphatic carbocycles. The second kappa shape index (κ2) is 11.0. The molecule has 1 aromatic carbocycles. The molecule has 0 amide bonds. The second-order valence-corrected chi connectivity index (χ2v) is 11.0. The summed E-state index contributed by atoms with van der Waals surface area (Å²) >= 11 is 0. The number of halogens is 2. The van der Waals surface area contributed by atoms with E-state index in [0.717, 1.165) is 79.6 Å². The number of anilines is 1. The molecule has 2 saturated heterocycles. The molecule has 3 aromatic rings. The van der Waals surface area contributed by atoms with E-state index in [0.29, 0.717) is 24.4 Å². The van der Waals surface area contributed by atoms with E-state index < -0.39 is 12.3 Å². The van der Waals surface area contributed by atoms with Gasteiger partial charge in [-0.3, -0.25) is 0 Å². The first-order valence-electron chi connectivity index (χ1n) is 13.8. The van der Waals surface area contributed by atoms with Gasteiger partial charge in [0.2, 0.25) is 5.95 Å². The van der Waals surface area contributed by atoms with Crippen molar-refractivity contribution in [3.63, 3.8) is 0 Å². The van der Waals surface area contributed by atoms with Crippen LogP contribution < -0.4 is 4.90 Å². The Hall–Kier alpha value is -3.73. The second-order valence-electron chi connectivity index (χ2n) is 11.0. The van der Waals surface area contributed by atoms with Gasteiger partial charge in [0.1, 0.15) is 11.5 Å². The summed E-state index contributed by atoms with van der Waals surface area (Å²) in [4.78, 5) is 31.4. The maximum atomic E-state index is 11.7. The number of carboxylic acid groups (broad SMARTS) is 1. The number of ether oxygens (including phenoxy) is 1. The standard InChI is InChI=1S/C28H30N4O4.CF2O/c33-27(34)24-14-23(16-6-7-16)29-28(30-24)32-19-10-11-20(32)13-21(12-19)35-15-22-25(17-4-2-1-3-5-17)31-36-26(22)18-8-9-18;2-1(3)4/h1-5,14,16,18-21H,6-13,15H2,(H,33,34);/t19-,20?,21?;/m0./s1. The molecular weight excluding hydrogens is 522 g/mol. The summed E-state index contributed by atoms with van der Waals surface area (Å²) in [6.07, 6.45) is 5.65. The van der Waals surface area contributed by atoms with Crippen LogP contribution >= 0.6 is 0 Å². The number of carbonyl (C=O) groups is 2. The molecule has 40 heavy (non-hydrogen) atoms. The predicted octanol–water partition coefficient (Wildman–Crippen LogP) is 6.35. The Morgan fingerprint density at radius 3 is 2.23 bits per heavy atom. The van der Waals surface area contributed by atoms with Crippen molar-refractivity contribution >= 4 is 18.2 Å². The number of hydrogen-bond acceptors (Lipinski definition) is 8. The van der Waals surface area contributed by atoms with Gasteiger partial charge in [-0.15, -0.1) is 8.78 Å². The smallest absolute Gasteiger partial charge is 0.477 e. The number of piperidine rings is 1. The molecular formula is C29H30F2N4O5. The van der Waals surface area contributed by atoms with Gasteiger partial charge in [-0.25, -0.2) is 19.6 Å². The van der Waals surface area contributed by atoms with Gasteiger partial charge in [-0.05, 0) is 57.4 Å². The molecule has 2 aromatic heterocycles. The molecule has 0 spiro atoms. The average Bonchev–Trinajstić information content (AvgIpc) is 3.87. The number of nitrogens with zero attached hydrogens (tertiary/aromatic N) is 4. The summed E-state index contributed by atoms with van der Waals surface area (Å²) in [5, 5.41) is 14.0. The van der Waals surface area contributed by atoms with Gasteiger partial charge in [-0.1, -0.05) is 35.5 Å². The van der Waals surface area contributed by atoms with E-state index in [9.17, 15) is 18.7 Å². The number of benzene rings is 1. The summed E-state index contributed by atoms with van der Waals surface area (Å²) in [6.45, 7) is 0.500. The number of carbonyl (C=O) groups excluding carboxylic acids is 1. The van der Waals surface area contributed by atoms with Gasteiger partial charge in [0, 0.05) is 40.7 Å². The highest BCUT2D eigenvalue weighted by Crippen LogP contribution is 2.45. The molecule has 4 fully saturated rings. The highest BCUT2D eigenvalue weighted by Gasteiger charge is 2.43. The van der Waals surface area contributed by atoms with Crippen molar-refractivity contribution < 1.29 is 32.7 Å². The number of aromatic carboxylic acids is 1. The number of carboxylic acids is 1. The minimum atomic E-state index is -2.83. The van der Waals surface area contributed by atoms with Crippen LogP contribution in [-0.4, -0.2) is 50.7 Å². The third-order valence-corrected chi connectivity index (χ3v) is 8.15. The lowest BCUT2D eigenvalue weighted by molar-refractivity contribution is 0.0144. The van der Waals surface area contributed by atoms with Crippen LogP contribution in [0.25, 0.3) is 11.3 Å². The van der Waals surface area contributed by atoms with Crippen LogP contribution in [0.2, 0.25) is 0 Å². The molecule has 2 unspecified atom stereocenters. The van der Waals surface area contributed by atoms with E-state index in [-0.39, 0.29) is 23.9 Å². The Morgan fingerprint density at radius 1 is 0.975 bits per heavy atom. The Labute approximate surface area is 229 Å². The maximum Gasteiger partial charge on any atom is 0.483 e. The first kappa shape index (κ1) is 26.5. The third-order valence-electron chi connectivity index (χ3n) is 8.15. The largest absolute Gasteiger partial charge is 0.483 e. The van der Waals surface area contributed by atoms with Gasteiger partial charge >= 0.3 is 12.3 Å². The quantitative estimate of drug-likeness (QED) is 0.319. The lowest BCUT2D eigenvalue weighted by Gasteiger charge is -2.39. The Balaban J connectivity index is 0.000000680. The zero-order valence-corrected chi connectivity index (χ0v) is 21.8. The van der Waals surface area contributed by atoms with Crippen LogP contribution in [-0.2, 0) is 11.3 Å². The maximum absolute atomic E-state index is 11.7. The first-order chi connectivity index (χ1) is 19.4. The van der Waals surface area contributed by atoms with Crippen molar-refractivity contribution in [1.29, 1.82) is 0 Å². The molecule has 2 aliphatic heterocycles. The Bertz CT molecular complexity index is 1370. The van der Waals surface area contributed by atoms with E-state index >= 15 is 0 Å². The van der Waals surface area contributed by atoms with Gasteiger partial charge in [0.25, 0.3) is 0 Å².